The van der Waals surface area contributed by atoms with Gasteiger partial charge in [-0.3, -0.25) is 4.79 Å². The standard InChI is InChI=1S/C19H12ClN3OS/c20-14-6-2-1-5-13(14)18(24)23-17-10-9-12(11-21-17)19-22-15-7-3-4-8-16(15)25-19/h1-11H,(H,21,23,24). The summed E-state index contributed by atoms with van der Waals surface area (Å²) in [4.78, 5) is 21.2. The van der Waals surface area contributed by atoms with Crippen LogP contribution < -0.4 is 5.32 Å². The van der Waals surface area contributed by atoms with Crippen LogP contribution in [0.15, 0.2) is 66.9 Å². The van der Waals surface area contributed by atoms with E-state index in [2.05, 4.69) is 15.3 Å². The van der Waals surface area contributed by atoms with Crippen molar-refractivity contribution in [2.45, 2.75) is 0 Å². The number of aromatic nitrogens is 2. The van der Waals surface area contributed by atoms with Crippen molar-refractivity contribution in [3.8, 4) is 10.6 Å². The minimum Gasteiger partial charge on any atom is -0.307 e. The third-order valence-electron chi connectivity index (χ3n) is 3.66. The maximum absolute atomic E-state index is 12.3. The third-order valence-corrected chi connectivity index (χ3v) is 5.08. The molecule has 25 heavy (non-hydrogen) atoms. The quantitative estimate of drug-likeness (QED) is 0.538. The number of nitrogens with zero attached hydrogens (tertiary/aromatic N) is 2. The Morgan fingerprint density at radius 2 is 1.80 bits per heavy atom. The van der Waals surface area contributed by atoms with Gasteiger partial charge in [0.05, 0.1) is 20.8 Å². The first-order valence-corrected chi connectivity index (χ1v) is 8.78. The molecular formula is C19H12ClN3OS. The van der Waals surface area contributed by atoms with Crippen LogP contribution in [0.1, 0.15) is 10.4 Å². The van der Waals surface area contributed by atoms with E-state index in [9.17, 15) is 4.79 Å². The van der Waals surface area contributed by atoms with E-state index in [1.807, 2.05) is 30.3 Å². The maximum atomic E-state index is 12.3. The molecule has 2 heterocycles. The summed E-state index contributed by atoms with van der Waals surface area (Å²) in [6, 6.07) is 18.6. The number of pyridine rings is 1. The van der Waals surface area contributed by atoms with Crippen LogP contribution in [0.2, 0.25) is 5.02 Å². The number of amides is 1. The van der Waals surface area contributed by atoms with Crippen LogP contribution in [-0.4, -0.2) is 15.9 Å². The number of hydrogen-bond donors (Lipinski definition) is 1. The molecule has 1 N–H and O–H groups in total. The average Bonchev–Trinajstić information content (AvgIpc) is 3.07. The van der Waals surface area contributed by atoms with E-state index in [0.717, 1.165) is 20.8 Å². The van der Waals surface area contributed by atoms with Gasteiger partial charge in [0.25, 0.3) is 5.91 Å². The van der Waals surface area contributed by atoms with Gasteiger partial charge in [-0.15, -0.1) is 11.3 Å². The van der Waals surface area contributed by atoms with Crippen LogP contribution in [0.4, 0.5) is 5.82 Å². The van der Waals surface area contributed by atoms with E-state index in [0.29, 0.717) is 16.4 Å². The van der Waals surface area contributed by atoms with Crippen LogP contribution >= 0.6 is 22.9 Å². The predicted octanol–water partition coefficient (Wildman–Crippen LogP) is 5.26. The van der Waals surface area contributed by atoms with Crippen LogP contribution in [0.5, 0.6) is 0 Å². The van der Waals surface area contributed by atoms with Crippen molar-refractivity contribution >= 4 is 44.9 Å². The molecule has 122 valence electrons. The molecule has 1 amide bonds. The lowest BCUT2D eigenvalue weighted by atomic mass is 10.2. The van der Waals surface area contributed by atoms with Crippen LogP contribution in [0, 0.1) is 0 Å². The van der Waals surface area contributed by atoms with Crippen molar-refractivity contribution in [2.75, 3.05) is 5.32 Å². The molecule has 4 rings (SSSR count). The number of benzene rings is 2. The first kappa shape index (κ1) is 15.7. The van der Waals surface area contributed by atoms with Gasteiger partial charge in [-0.1, -0.05) is 35.9 Å². The fraction of sp³-hybridized carbons (Fsp3) is 0. The molecule has 0 bridgehead atoms. The van der Waals surface area contributed by atoms with Gasteiger partial charge in [0.1, 0.15) is 10.8 Å². The zero-order valence-corrected chi connectivity index (χ0v) is 14.5. The number of anilines is 1. The number of carbonyl (C=O) groups is 1. The van der Waals surface area contributed by atoms with E-state index >= 15 is 0 Å². The van der Waals surface area contributed by atoms with Crippen molar-refractivity contribution in [3.05, 3.63) is 77.4 Å². The molecule has 0 aliphatic rings. The summed E-state index contributed by atoms with van der Waals surface area (Å²) >= 11 is 7.65. The summed E-state index contributed by atoms with van der Waals surface area (Å²) in [6.07, 6.45) is 1.71. The molecule has 0 atom stereocenters. The molecule has 0 aliphatic carbocycles. The molecule has 0 saturated heterocycles. The fourth-order valence-corrected chi connectivity index (χ4v) is 3.60. The Hall–Kier alpha value is -2.76. The summed E-state index contributed by atoms with van der Waals surface area (Å²) in [7, 11) is 0. The van der Waals surface area contributed by atoms with Gasteiger partial charge in [-0.05, 0) is 36.4 Å². The normalized spacial score (nSPS) is 10.8. The number of rotatable bonds is 3. The van der Waals surface area contributed by atoms with Gasteiger partial charge in [0.2, 0.25) is 0 Å². The minimum atomic E-state index is -0.286. The molecular weight excluding hydrogens is 354 g/mol. The van der Waals surface area contributed by atoms with E-state index in [-0.39, 0.29) is 5.91 Å². The molecule has 2 aromatic heterocycles. The number of para-hydroxylation sites is 1. The van der Waals surface area contributed by atoms with Crippen molar-refractivity contribution < 1.29 is 4.79 Å². The molecule has 4 aromatic rings. The number of hydrogen-bond acceptors (Lipinski definition) is 4. The summed E-state index contributed by atoms with van der Waals surface area (Å²) in [5, 5.41) is 4.06. The maximum Gasteiger partial charge on any atom is 0.258 e. The molecule has 0 saturated carbocycles. The molecule has 0 aliphatic heterocycles. The van der Waals surface area contributed by atoms with Gasteiger partial charge in [0, 0.05) is 11.8 Å². The Labute approximate surface area is 153 Å². The second-order valence-electron chi connectivity index (χ2n) is 5.35. The summed E-state index contributed by atoms with van der Waals surface area (Å²) in [5.74, 6) is 0.181. The predicted molar refractivity (Wildman–Crippen MR) is 102 cm³/mol. The first-order valence-electron chi connectivity index (χ1n) is 7.58. The van der Waals surface area contributed by atoms with Gasteiger partial charge in [-0.25, -0.2) is 9.97 Å². The number of nitrogens with one attached hydrogen (secondary N) is 1. The van der Waals surface area contributed by atoms with Crippen LogP contribution in [-0.2, 0) is 0 Å². The highest BCUT2D eigenvalue weighted by atomic mass is 35.5. The van der Waals surface area contributed by atoms with Crippen molar-refractivity contribution in [1.82, 2.24) is 9.97 Å². The Morgan fingerprint density at radius 3 is 2.56 bits per heavy atom. The van der Waals surface area contributed by atoms with E-state index < -0.39 is 0 Å². The molecule has 0 spiro atoms. The number of carbonyl (C=O) groups excluding carboxylic acids is 1. The van der Waals surface area contributed by atoms with Crippen molar-refractivity contribution in [3.63, 3.8) is 0 Å². The molecule has 0 radical (unpaired) electrons. The lowest BCUT2D eigenvalue weighted by Crippen LogP contribution is -2.13. The second-order valence-corrected chi connectivity index (χ2v) is 6.79. The minimum absolute atomic E-state index is 0.286. The lowest BCUT2D eigenvalue weighted by molar-refractivity contribution is 0.102. The highest BCUT2D eigenvalue weighted by Gasteiger charge is 2.11. The largest absolute Gasteiger partial charge is 0.307 e. The van der Waals surface area contributed by atoms with Gasteiger partial charge < -0.3 is 5.32 Å². The highest BCUT2D eigenvalue weighted by molar-refractivity contribution is 7.21. The zero-order valence-electron chi connectivity index (χ0n) is 12.9. The zero-order chi connectivity index (χ0) is 17.2. The van der Waals surface area contributed by atoms with Crippen molar-refractivity contribution in [1.29, 1.82) is 0 Å². The average molecular weight is 366 g/mol. The van der Waals surface area contributed by atoms with Crippen LogP contribution in [0.25, 0.3) is 20.8 Å². The fourth-order valence-electron chi connectivity index (χ4n) is 2.42. The van der Waals surface area contributed by atoms with Crippen molar-refractivity contribution in [2.24, 2.45) is 0 Å². The van der Waals surface area contributed by atoms with Gasteiger partial charge in [-0.2, -0.15) is 0 Å². The van der Waals surface area contributed by atoms with E-state index in [4.69, 9.17) is 11.6 Å². The topological polar surface area (TPSA) is 54.9 Å². The summed E-state index contributed by atoms with van der Waals surface area (Å²) < 4.78 is 1.13. The molecule has 0 fully saturated rings. The number of fused-ring (bicyclic) bond motifs is 1. The summed E-state index contributed by atoms with van der Waals surface area (Å²) in [6.45, 7) is 0. The Kier molecular flexibility index (Phi) is 4.17. The van der Waals surface area contributed by atoms with Gasteiger partial charge >= 0.3 is 0 Å². The van der Waals surface area contributed by atoms with Gasteiger partial charge in [0.15, 0.2) is 0 Å². The van der Waals surface area contributed by atoms with Crippen LogP contribution in [0.3, 0.4) is 0 Å². The number of thiazole rings is 1. The Morgan fingerprint density at radius 1 is 1.00 bits per heavy atom. The summed E-state index contributed by atoms with van der Waals surface area (Å²) in [5.41, 5.74) is 2.30. The monoisotopic (exact) mass is 365 g/mol. The third kappa shape index (κ3) is 3.24. The Bertz CT molecular complexity index is 1030. The first-order chi connectivity index (χ1) is 12.2. The number of halogens is 1. The lowest BCUT2D eigenvalue weighted by Gasteiger charge is -2.06. The molecule has 6 heteroatoms. The Balaban J connectivity index is 1.56. The molecule has 2 aromatic carbocycles. The van der Waals surface area contributed by atoms with E-state index in [1.54, 1.807) is 47.9 Å². The molecule has 4 nitrogen and oxygen atoms in total. The smallest absolute Gasteiger partial charge is 0.258 e. The molecule has 0 unspecified atom stereocenters. The second kappa shape index (κ2) is 6.63. The highest BCUT2D eigenvalue weighted by Crippen LogP contribution is 2.29. The SMILES string of the molecule is O=C(Nc1ccc(-c2nc3ccccc3s2)cn1)c1ccccc1Cl. The van der Waals surface area contributed by atoms with E-state index in [1.165, 1.54) is 0 Å².